The van der Waals surface area contributed by atoms with Gasteiger partial charge in [-0.25, -0.2) is 4.79 Å². The molecule has 1 amide bonds. The van der Waals surface area contributed by atoms with E-state index in [1.165, 1.54) is 5.56 Å². The second kappa shape index (κ2) is 9.36. The van der Waals surface area contributed by atoms with E-state index in [9.17, 15) is 18.0 Å². The summed E-state index contributed by atoms with van der Waals surface area (Å²) in [6.45, 7) is 4.62. The monoisotopic (exact) mass is 399 g/mol. The van der Waals surface area contributed by atoms with Crippen molar-refractivity contribution in [1.82, 2.24) is 14.9 Å². The van der Waals surface area contributed by atoms with Crippen LogP contribution in [0.1, 0.15) is 34.1 Å². The number of carbonyl (C=O) groups is 2. The molecule has 0 spiro atoms. The summed E-state index contributed by atoms with van der Waals surface area (Å²) >= 11 is 0. The summed E-state index contributed by atoms with van der Waals surface area (Å²) in [6.07, 6.45) is 1.27. The fraction of sp³-hybridized carbons (Fsp3) is 0.389. The van der Waals surface area contributed by atoms with Crippen molar-refractivity contribution in [3.05, 3.63) is 53.1 Å². The molecule has 0 unspecified atom stereocenters. The zero-order valence-corrected chi connectivity index (χ0v) is 15.1. The highest BCUT2D eigenvalue weighted by atomic mass is 19.4. The third-order valence-corrected chi connectivity index (χ3v) is 4.05. The Morgan fingerprint density at radius 2 is 2.07 bits per heavy atom. The number of pyridine rings is 1. The van der Waals surface area contributed by atoms with Crippen molar-refractivity contribution < 1.29 is 32.6 Å². The number of amides is 1. The Kier molecular flexibility index (Phi) is 7.16. The lowest BCUT2D eigenvalue weighted by molar-refractivity contribution is -0.192. The molecule has 3 rings (SSSR count). The van der Waals surface area contributed by atoms with E-state index < -0.39 is 12.1 Å². The molecule has 1 aliphatic heterocycles. The molecule has 0 bridgehead atoms. The van der Waals surface area contributed by atoms with E-state index in [0.717, 1.165) is 24.1 Å². The Morgan fingerprint density at radius 3 is 2.64 bits per heavy atom. The number of halogens is 3. The first kappa shape index (κ1) is 21.4. The van der Waals surface area contributed by atoms with Crippen LogP contribution >= 0.6 is 0 Å². The van der Waals surface area contributed by atoms with E-state index in [0.29, 0.717) is 25.5 Å². The van der Waals surface area contributed by atoms with Gasteiger partial charge in [-0.15, -0.1) is 0 Å². The van der Waals surface area contributed by atoms with Gasteiger partial charge in [0.25, 0.3) is 5.91 Å². The topological polar surface area (TPSA) is 95.5 Å². The molecule has 0 aromatic carbocycles. The molecular weight excluding hydrogens is 379 g/mol. The second-order valence-corrected chi connectivity index (χ2v) is 5.94. The van der Waals surface area contributed by atoms with Crippen LogP contribution in [0.4, 0.5) is 13.2 Å². The minimum Gasteiger partial charge on any atom is -0.475 e. The van der Waals surface area contributed by atoms with Gasteiger partial charge in [-0.05, 0) is 42.2 Å². The number of H-pyrrole nitrogens is 1. The van der Waals surface area contributed by atoms with Gasteiger partial charge in [0.2, 0.25) is 0 Å². The maximum Gasteiger partial charge on any atom is 0.490 e. The number of fused-ring (bicyclic) bond motifs is 1. The number of hydrogen-bond donors (Lipinski definition) is 2. The predicted octanol–water partition coefficient (Wildman–Crippen LogP) is 2.78. The van der Waals surface area contributed by atoms with Crippen molar-refractivity contribution in [3.63, 3.8) is 0 Å². The van der Waals surface area contributed by atoms with E-state index >= 15 is 0 Å². The number of alkyl halides is 3. The number of carboxylic acids is 1. The minimum atomic E-state index is -5.08. The molecule has 152 valence electrons. The molecule has 3 heterocycles. The van der Waals surface area contributed by atoms with E-state index in [-0.39, 0.29) is 5.91 Å². The van der Waals surface area contributed by atoms with Crippen LogP contribution in [0.5, 0.6) is 0 Å². The van der Waals surface area contributed by atoms with Gasteiger partial charge < -0.3 is 19.7 Å². The highest BCUT2D eigenvalue weighted by Crippen LogP contribution is 2.23. The summed E-state index contributed by atoms with van der Waals surface area (Å²) < 4.78 is 37.2. The summed E-state index contributed by atoms with van der Waals surface area (Å²) in [4.78, 5) is 30.4. The minimum absolute atomic E-state index is 0.0425. The van der Waals surface area contributed by atoms with Crippen LogP contribution in [0.15, 0.2) is 30.7 Å². The summed E-state index contributed by atoms with van der Waals surface area (Å²) in [5, 5.41) is 7.12. The summed E-state index contributed by atoms with van der Waals surface area (Å²) in [5.74, 6) is -2.71. The van der Waals surface area contributed by atoms with E-state index in [2.05, 4.69) is 9.97 Å². The molecule has 2 aromatic rings. The highest BCUT2D eigenvalue weighted by Gasteiger charge is 2.38. The Hall–Kier alpha value is -2.88. The van der Waals surface area contributed by atoms with Crippen molar-refractivity contribution >= 4 is 11.9 Å². The van der Waals surface area contributed by atoms with E-state index in [1.807, 2.05) is 36.4 Å². The molecule has 0 saturated heterocycles. The summed E-state index contributed by atoms with van der Waals surface area (Å²) in [7, 11) is 0. The number of carboxylic acid groups (broad SMARTS) is 1. The average Bonchev–Trinajstić information content (AvgIpc) is 3.19. The Balaban J connectivity index is 0.000000345. The molecule has 7 nitrogen and oxygen atoms in total. The van der Waals surface area contributed by atoms with Crippen molar-refractivity contribution in [2.24, 2.45) is 0 Å². The maximum absolute atomic E-state index is 12.4. The Bertz CT molecular complexity index is 807. The van der Waals surface area contributed by atoms with E-state index in [4.69, 9.17) is 14.6 Å². The number of nitrogens with zero attached hydrogens (tertiary/aromatic N) is 2. The Morgan fingerprint density at radius 1 is 1.36 bits per heavy atom. The first-order chi connectivity index (χ1) is 13.2. The molecule has 2 N–H and O–H groups in total. The van der Waals surface area contributed by atoms with Gasteiger partial charge in [-0.3, -0.25) is 9.78 Å². The van der Waals surface area contributed by atoms with Crippen molar-refractivity contribution in [1.29, 1.82) is 0 Å². The molecule has 0 saturated carbocycles. The number of ether oxygens (including phenoxy) is 1. The summed E-state index contributed by atoms with van der Waals surface area (Å²) in [5.41, 5.74) is 4.19. The SMILES string of the molecule is CCOCc1cncc2c1CCN(C(=O)c1ccc[nH]1)C2.O=C(O)C(F)(F)F. The zero-order valence-electron chi connectivity index (χ0n) is 15.1. The molecule has 2 aromatic heterocycles. The highest BCUT2D eigenvalue weighted by molar-refractivity contribution is 5.92. The maximum atomic E-state index is 12.4. The van der Waals surface area contributed by atoms with Crippen LogP contribution in [0.25, 0.3) is 0 Å². The quantitative estimate of drug-likeness (QED) is 0.824. The van der Waals surface area contributed by atoms with Crippen LogP contribution in [0, 0.1) is 0 Å². The number of aliphatic carboxylic acids is 1. The van der Waals surface area contributed by atoms with Gasteiger partial charge >= 0.3 is 12.1 Å². The van der Waals surface area contributed by atoms with Crippen molar-refractivity contribution in [2.45, 2.75) is 32.7 Å². The number of rotatable bonds is 4. The van der Waals surface area contributed by atoms with Gasteiger partial charge in [-0.1, -0.05) is 0 Å². The third-order valence-electron chi connectivity index (χ3n) is 4.05. The molecule has 10 heteroatoms. The molecule has 0 fully saturated rings. The lowest BCUT2D eigenvalue weighted by atomic mass is 9.97. The molecule has 1 aliphatic rings. The fourth-order valence-electron chi connectivity index (χ4n) is 2.71. The van der Waals surface area contributed by atoms with Gasteiger partial charge in [0.05, 0.1) is 6.61 Å². The van der Waals surface area contributed by atoms with Crippen LogP contribution < -0.4 is 0 Å². The number of hydrogen-bond acceptors (Lipinski definition) is 4. The predicted molar refractivity (Wildman–Crippen MR) is 92.5 cm³/mol. The lowest BCUT2D eigenvalue weighted by Gasteiger charge is -2.29. The van der Waals surface area contributed by atoms with Crippen LogP contribution in [-0.4, -0.2) is 51.2 Å². The average molecular weight is 399 g/mol. The first-order valence-corrected chi connectivity index (χ1v) is 8.49. The normalized spacial score (nSPS) is 13.4. The van der Waals surface area contributed by atoms with Gasteiger partial charge in [0, 0.05) is 38.3 Å². The number of carbonyl (C=O) groups excluding carboxylic acids is 1. The van der Waals surface area contributed by atoms with Crippen LogP contribution in [-0.2, 0) is 29.1 Å². The van der Waals surface area contributed by atoms with Gasteiger partial charge in [0.15, 0.2) is 0 Å². The van der Waals surface area contributed by atoms with Crippen molar-refractivity contribution in [3.8, 4) is 0 Å². The lowest BCUT2D eigenvalue weighted by Crippen LogP contribution is -2.36. The zero-order chi connectivity index (χ0) is 20.7. The van der Waals surface area contributed by atoms with Crippen LogP contribution in [0.2, 0.25) is 0 Å². The molecular formula is C18H20F3N3O4. The van der Waals surface area contributed by atoms with E-state index in [1.54, 1.807) is 6.20 Å². The molecule has 28 heavy (non-hydrogen) atoms. The molecule has 0 aliphatic carbocycles. The number of nitrogens with one attached hydrogen (secondary N) is 1. The van der Waals surface area contributed by atoms with Gasteiger partial charge in [0.1, 0.15) is 5.69 Å². The van der Waals surface area contributed by atoms with Crippen LogP contribution in [0.3, 0.4) is 0 Å². The third kappa shape index (κ3) is 5.56. The standard InChI is InChI=1S/C16H19N3O2.C2HF3O2/c1-2-21-11-13-9-17-8-12-10-19(7-5-14(12)13)16(20)15-4-3-6-18-15;3-2(4,5)1(6)7/h3-4,6,8-9,18H,2,5,7,10-11H2,1H3;(H,6,7). The molecule has 0 atom stereocenters. The largest absolute Gasteiger partial charge is 0.490 e. The molecule has 0 radical (unpaired) electrons. The number of aromatic amines is 1. The van der Waals surface area contributed by atoms with Gasteiger partial charge in [-0.2, -0.15) is 13.2 Å². The van der Waals surface area contributed by atoms with Crippen molar-refractivity contribution in [2.75, 3.05) is 13.2 Å². The Labute approximate surface area is 159 Å². The smallest absolute Gasteiger partial charge is 0.475 e. The fourth-order valence-corrected chi connectivity index (χ4v) is 2.71. The second-order valence-electron chi connectivity index (χ2n) is 5.94. The first-order valence-electron chi connectivity index (χ1n) is 8.49. The summed E-state index contributed by atoms with van der Waals surface area (Å²) in [6, 6.07) is 3.65. The number of aromatic nitrogens is 2.